The molecule has 5 heteroatoms. The van der Waals surface area contributed by atoms with Crippen LogP contribution in [0.15, 0.2) is 24.3 Å². The summed E-state index contributed by atoms with van der Waals surface area (Å²) in [6, 6.07) is 7.49. The van der Waals surface area contributed by atoms with Gasteiger partial charge in [-0.1, -0.05) is 12.1 Å². The van der Waals surface area contributed by atoms with Gasteiger partial charge in [0.1, 0.15) is 5.75 Å². The largest absolute Gasteiger partial charge is 0.495 e. The molecule has 1 fully saturated rings. The minimum Gasteiger partial charge on any atom is -0.495 e. The second-order valence-corrected chi connectivity index (χ2v) is 4.56. The summed E-state index contributed by atoms with van der Waals surface area (Å²) >= 11 is 0. The summed E-state index contributed by atoms with van der Waals surface area (Å²) in [5, 5.41) is 3.24. The highest BCUT2D eigenvalue weighted by Gasteiger charge is 2.42. The lowest BCUT2D eigenvalue weighted by Gasteiger charge is -2.36. The molecule has 1 heterocycles. The van der Waals surface area contributed by atoms with E-state index in [2.05, 4.69) is 5.32 Å². The van der Waals surface area contributed by atoms with Gasteiger partial charge in [-0.05, 0) is 25.0 Å². The first-order chi connectivity index (χ1) is 9.22. The number of para-hydroxylation sites is 2. The van der Waals surface area contributed by atoms with E-state index in [0.29, 0.717) is 25.4 Å². The van der Waals surface area contributed by atoms with Crippen molar-refractivity contribution in [2.75, 3.05) is 32.8 Å². The zero-order valence-electron chi connectivity index (χ0n) is 11.3. The second kappa shape index (κ2) is 5.93. The van der Waals surface area contributed by atoms with E-state index in [1.807, 2.05) is 24.3 Å². The molecule has 19 heavy (non-hydrogen) atoms. The lowest BCUT2D eigenvalue weighted by molar-refractivity contribution is -0.150. The fourth-order valence-electron chi connectivity index (χ4n) is 2.31. The van der Waals surface area contributed by atoms with Crippen molar-refractivity contribution < 1.29 is 19.0 Å². The Labute approximate surface area is 112 Å². The summed E-state index contributed by atoms with van der Waals surface area (Å²) in [5.41, 5.74) is -0.0670. The van der Waals surface area contributed by atoms with Crippen molar-refractivity contribution in [3.63, 3.8) is 0 Å². The maximum Gasteiger partial charge on any atom is 0.333 e. The van der Waals surface area contributed by atoms with Crippen LogP contribution in [-0.4, -0.2) is 38.9 Å². The molecule has 1 N–H and O–H groups in total. The third-order valence-corrected chi connectivity index (χ3v) is 3.30. The summed E-state index contributed by atoms with van der Waals surface area (Å²) < 4.78 is 15.7. The van der Waals surface area contributed by atoms with E-state index in [1.54, 1.807) is 7.11 Å². The number of nitrogens with one attached hydrogen (secondary N) is 1. The molecular weight excluding hydrogens is 246 g/mol. The van der Waals surface area contributed by atoms with Gasteiger partial charge in [0, 0.05) is 6.61 Å². The summed E-state index contributed by atoms with van der Waals surface area (Å²) in [7, 11) is 2.99. The van der Waals surface area contributed by atoms with E-state index in [0.717, 1.165) is 12.1 Å². The van der Waals surface area contributed by atoms with Crippen molar-refractivity contribution in [2.45, 2.75) is 18.4 Å². The molecule has 1 aromatic rings. The second-order valence-electron chi connectivity index (χ2n) is 4.56. The van der Waals surface area contributed by atoms with Crippen LogP contribution < -0.4 is 10.1 Å². The highest BCUT2D eigenvalue weighted by Crippen LogP contribution is 2.31. The minimum atomic E-state index is -0.832. The van der Waals surface area contributed by atoms with E-state index in [9.17, 15) is 4.79 Å². The van der Waals surface area contributed by atoms with Crippen LogP contribution in [0.4, 0.5) is 5.69 Å². The van der Waals surface area contributed by atoms with Crippen LogP contribution in [0.25, 0.3) is 0 Å². The zero-order chi connectivity index (χ0) is 13.7. The van der Waals surface area contributed by atoms with Crippen LogP contribution >= 0.6 is 0 Å². The Hall–Kier alpha value is -1.75. The van der Waals surface area contributed by atoms with Crippen LogP contribution in [-0.2, 0) is 14.3 Å². The fraction of sp³-hybridized carbons (Fsp3) is 0.500. The van der Waals surface area contributed by atoms with Gasteiger partial charge in [-0.2, -0.15) is 0 Å². The van der Waals surface area contributed by atoms with Crippen LogP contribution in [0.5, 0.6) is 5.75 Å². The fourth-order valence-corrected chi connectivity index (χ4v) is 2.31. The molecule has 5 nitrogen and oxygen atoms in total. The molecule has 2 rings (SSSR count). The lowest BCUT2D eigenvalue weighted by Crippen LogP contribution is -2.53. The smallest absolute Gasteiger partial charge is 0.333 e. The molecule has 1 unspecified atom stereocenters. The highest BCUT2D eigenvalue weighted by molar-refractivity contribution is 5.85. The molecule has 1 aliphatic heterocycles. The third-order valence-electron chi connectivity index (χ3n) is 3.30. The van der Waals surface area contributed by atoms with Gasteiger partial charge in [-0.25, -0.2) is 4.79 Å². The van der Waals surface area contributed by atoms with Gasteiger partial charge in [-0.15, -0.1) is 0 Å². The normalized spacial score (nSPS) is 22.6. The average molecular weight is 265 g/mol. The van der Waals surface area contributed by atoms with Gasteiger partial charge in [0.25, 0.3) is 0 Å². The van der Waals surface area contributed by atoms with Crippen molar-refractivity contribution >= 4 is 11.7 Å². The Kier molecular flexibility index (Phi) is 4.27. The van der Waals surface area contributed by atoms with Gasteiger partial charge in [0.2, 0.25) is 0 Å². The van der Waals surface area contributed by atoms with Crippen LogP contribution in [0.3, 0.4) is 0 Å². The predicted molar refractivity (Wildman–Crippen MR) is 71.4 cm³/mol. The number of carbonyl (C=O) groups excluding carboxylic acids is 1. The van der Waals surface area contributed by atoms with E-state index in [1.165, 1.54) is 7.11 Å². The average Bonchev–Trinajstić information content (AvgIpc) is 2.48. The monoisotopic (exact) mass is 265 g/mol. The number of rotatable bonds is 4. The molecule has 0 aliphatic carbocycles. The van der Waals surface area contributed by atoms with Gasteiger partial charge >= 0.3 is 5.97 Å². The SMILES string of the molecule is COC(=O)C1(Nc2ccccc2OC)CCCOC1. The van der Waals surface area contributed by atoms with Gasteiger partial charge in [-0.3, -0.25) is 0 Å². The lowest BCUT2D eigenvalue weighted by atomic mass is 9.92. The van der Waals surface area contributed by atoms with Crippen LogP contribution in [0.2, 0.25) is 0 Å². The summed E-state index contributed by atoms with van der Waals surface area (Å²) in [6.45, 7) is 0.976. The number of hydrogen-bond acceptors (Lipinski definition) is 5. The number of methoxy groups -OCH3 is 2. The minimum absolute atomic E-state index is 0.303. The Morgan fingerprint density at radius 2 is 2.16 bits per heavy atom. The molecule has 104 valence electrons. The number of anilines is 1. The standard InChI is InChI=1S/C14H19NO4/c1-17-12-7-4-3-6-11(12)15-14(13(16)18-2)8-5-9-19-10-14/h3-4,6-7,15H,5,8-10H2,1-2H3. The van der Waals surface area contributed by atoms with E-state index < -0.39 is 5.54 Å². The first kappa shape index (κ1) is 13.7. The van der Waals surface area contributed by atoms with Gasteiger partial charge in [0.05, 0.1) is 26.5 Å². The highest BCUT2D eigenvalue weighted by atomic mass is 16.5. The maximum atomic E-state index is 12.1. The molecule has 1 saturated heterocycles. The van der Waals surface area contributed by atoms with Crippen LogP contribution in [0, 0.1) is 0 Å². The molecule has 1 atom stereocenters. The number of esters is 1. The summed E-state index contributed by atoms with van der Waals surface area (Å²) in [4.78, 5) is 12.1. The number of carbonyl (C=O) groups is 1. The van der Waals surface area contributed by atoms with Crippen molar-refractivity contribution in [3.8, 4) is 5.75 Å². The third kappa shape index (κ3) is 2.81. The van der Waals surface area contributed by atoms with E-state index in [-0.39, 0.29) is 5.97 Å². The Morgan fingerprint density at radius 1 is 1.37 bits per heavy atom. The maximum absolute atomic E-state index is 12.1. The van der Waals surface area contributed by atoms with Crippen molar-refractivity contribution in [3.05, 3.63) is 24.3 Å². The molecule has 0 bridgehead atoms. The topological polar surface area (TPSA) is 56.8 Å². The van der Waals surface area contributed by atoms with Crippen molar-refractivity contribution in [1.82, 2.24) is 0 Å². The first-order valence-corrected chi connectivity index (χ1v) is 6.29. The van der Waals surface area contributed by atoms with Crippen LogP contribution in [0.1, 0.15) is 12.8 Å². The molecule has 0 spiro atoms. The Balaban J connectivity index is 2.27. The van der Waals surface area contributed by atoms with E-state index in [4.69, 9.17) is 14.2 Å². The molecule has 1 aliphatic rings. The molecular formula is C14H19NO4. The quantitative estimate of drug-likeness (QED) is 0.842. The van der Waals surface area contributed by atoms with Crippen molar-refractivity contribution in [2.24, 2.45) is 0 Å². The molecule has 0 saturated carbocycles. The van der Waals surface area contributed by atoms with Gasteiger partial charge in [0.15, 0.2) is 5.54 Å². The first-order valence-electron chi connectivity index (χ1n) is 6.29. The molecule has 0 aromatic heterocycles. The summed E-state index contributed by atoms with van der Waals surface area (Å²) in [5.74, 6) is 0.384. The van der Waals surface area contributed by atoms with E-state index >= 15 is 0 Å². The molecule has 0 amide bonds. The number of benzene rings is 1. The van der Waals surface area contributed by atoms with Crippen molar-refractivity contribution in [1.29, 1.82) is 0 Å². The number of hydrogen-bond donors (Lipinski definition) is 1. The molecule has 0 radical (unpaired) electrons. The Bertz CT molecular complexity index is 441. The summed E-state index contributed by atoms with van der Waals surface area (Å²) in [6.07, 6.45) is 1.50. The Morgan fingerprint density at radius 3 is 2.79 bits per heavy atom. The zero-order valence-corrected chi connectivity index (χ0v) is 11.3. The predicted octanol–water partition coefficient (Wildman–Crippen LogP) is 1.83. The molecule has 1 aromatic carbocycles. The van der Waals surface area contributed by atoms with Gasteiger partial charge < -0.3 is 19.5 Å². The number of ether oxygens (including phenoxy) is 3.